The average molecular weight is 268 g/mol. The lowest BCUT2D eigenvalue weighted by Gasteiger charge is -2.17. The molecule has 1 unspecified atom stereocenters. The molecule has 4 heteroatoms. The molecule has 0 saturated heterocycles. The summed E-state index contributed by atoms with van der Waals surface area (Å²) >= 11 is 5.79. The van der Waals surface area contributed by atoms with E-state index in [0.717, 1.165) is 5.56 Å². The van der Waals surface area contributed by atoms with Crippen LogP contribution < -0.4 is 0 Å². The van der Waals surface area contributed by atoms with E-state index in [1.807, 2.05) is 36.2 Å². The van der Waals surface area contributed by atoms with Crippen LogP contribution in [0.1, 0.15) is 5.56 Å². The van der Waals surface area contributed by atoms with Crippen molar-refractivity contribution in [2.45, 2.75) is 6.10 Å². The third-order valence-electron chi connectivity index (χ3n) is 2.31. The topological polar surface area (TPSA) is 32.7 Å². The number of nitrogens with zero attached hydrogens (tertiary/aromatic N) is 1. The number of benzene rings is 1. The number of methoxy groups -OCH3 is 1. The standard InChI is InChI=1S/C14H18ClNO2/c1-16(10-14(17)11-18-2)9-3-4-12-5-7-13(15)8-6-12/h5-8,14,17H,9-11H2,1-2H3. The molecule has 0 heterocycles. The molecule has 0 fully saturated rings. The van der Waals surface area contributed by atoms with Gasteiger partial charge in [-0.3, -0.25) is 4.90 Å². The first-order chi connectivity index (χ1) is 8.61. The summed E-state index contributed by atoms with van der Waals surface area (Å²) in [5.74, 6) is 6.09. The van der Waals surface area contributed by atoms with Crippen LogP contribution in [0.5, 0.6) is 0 Å². The molecule has 0 spiro atoms. The molecule has 3 nitrogen and oxygen atoms in total. The molecule has 0 amide bonds. The Hall–Kier alpha value is -1.05. The minimum Gasteiger partial charge on any atom is -0.389 e. The van der Waals surface area contributed by atoms with E-state index < -0.39 is 6.10 Å². The van der Waals surface area contributed by atoms with Gasteiger partial charge in [-0.25, -0.2) is 0 Å². The van der Waals surface area contributed by atoms with Crippen molar-refractivity contribution in [3.8, 4) is 11.8 Å². The summed E-state index contributed by atoms with van der Waals surface area (Å²) in [4.78, 5) is 1.95. The molecule has 0 aromatic heterocycles. The van der Waals surface area contributed by atoms with E-state index in [4.69, 9.17) is 16.3 Å². The van der Waals surface area contributed by atoms with E-state index in [1.165, 1.54) is 0 Å². The van der Waals surface area contributed by atoms with Gasteiger partial charge in [0.25, 0.3) is 0 Å². The summed E-state index contributed by atoms with van der Waals surface area (Å²) in [5.41, 5.74) is 0.935. The molecule has 0 bridgehead atoms. The lowest BCUT2D eigenvalue weighted by atomic mass is 10.2. The van der Waals surface area contributed by atoms with Crippen LogP contribution in [0.25, 0.3) is 0 Å². The predicted octanol–water partition coefficient (Wildman–Crippen LogP) is 1.63. The van der Waals surface area contributed by atoms with E-state index in [2.05, 4.69) is 11.8 Å². The Morgan fingerprint density at radius 3 is 2.67 bits per heavy atom. The Labute approximate surface area is 113 Å². The molecule has 0 aliphatic carbocycles. The van der Waals surface area contributed by atoms with Crippen molar-refractivity contribution >= 4 is 11.6 Å². The summed E-state index contributed by atoms with van der Waals surface area (Å²) < 4.78 is 4.86. The van der Waals surface area contributed by atoms with Gasteiger partial charge in [-0.2, -0.15) is 0 Å². The molecule has 1 aromatic carbocycles. The van der Waals surface area contributed by atoms with Crippen LogP contribution in [-0.4, -0.2) is 50.0 Å². The average Bonchev–Trinajstić information content (AvgIpc) is 2.32. The van der Waals surface area contributed by atoms with E-state index in [-0.39, 0.29) is 0 Å². The van der Waals surface area contributed by atoms with Gasteiger partial charge in [0.1, 0.15) is 0 Å². The van der Waals surface area contributed by atoms with Crippen LogP contribution in [-0.2, 0) is 4.74 Å². The van der Waals surface area contributed by atoms with Crippen molar-refractivity contribution in [1.29, 1.82) is 0 Å². The van der Waals surface area contributed by atoms with Gasteiger partial charge >= 0.3 is 0 Å². The first-order valence-electron chi connectivity index (χ1n) is 5.72. The summed E-state index contributed by atoms with van der Waals surface area (Å²) in [7, 11) is 3.49. The number of ether oxygens (including phenoxy) is 1. The molecule has 1 atom stereocenters. The molecule has 18 heavy (non-hydrogen) atoms. The highest BCUT2D eigenvalue weighted by atomic mass is 35.5. The first kappa shape index (κ1) is 15.0. The Bertz CT molecular complexity index is 408. The fourth-order valence-corrected chi connectivity index (χ4v) is 1.61. The molecule has 1 N–H and O–H groups in total. The van der Waals surface area contributed by atoms with E-state index in [9.17, 15) is 5.11 Å². The van der Waals surface area contributed by atoms with Crippen molar-refractivity contribution in [2.24, 2.45) is 0 Å². The highest BCUT2D eigenvalue weighted by Gasteiger charge is 2.05. The van der Waals surface area contributed by atoms with Gasteiger partial charge in [-0.1, -0.05) is 23.4 Å². The molecule has 0 radical (unpaired) electrons. The van der Waals surface area contributed by atoms with Gasteiger partial charge in [0, 0.05) is 24.2 Å². The summed E-state index contributed by atoms with van der Waals surface area (Å²) in [5, 5.41) is 10.2. The second-order valence-corrected chi connectivity index (χ2v) is 4.55. The number of hydrogen-bond donors (Lipinski definition) is 1. The molecule has 0 saturated carbocycles. The summed E-state index contributed by atoms with van der Waals surface area (Å²) in [6.45, 7) is 1.49. The van der Waals surface area contributed by atoms with Crippen molar-refractivity contribution in [3.05, 3.63) is 34.9 Å². The number of rotatable bonds is 5. The smallest absolute Gasteiger partial charge is 0.0900 e. The van der Waals surface area contributed by atoms with Crippen LogP contribution in [0.3, 0.4) is 0 Å². The number of likely N-dealkylation sites (N-methyl/N-ethyl adjacent to an activating group) is 1. The zero-order valence-corrected chi connectivity index (χ0v) is 11.4. The van der Waals surface area contributed by atoms with Crippen molar-refractivity contribution in [1.82, 2.24) is 4.90 Å². The Balaban J connectivity index is 2.38. The third-order valence-corrected chi connectivity index (χ3v) is 2.56. The van der Waals surface area contributed by atoms with Crippen molar-refractivity contribution < 1.29 is 9.84 Å². The fourth-order valence-electron chi connectivity index (χ4n) is 1.48. The molecular formula is C14H18ClNO2. The number of hydrogen-bond acceptors (Lipinski definition) is 3. The Kier molecular flexibility index (Phi) is 6.77. The number of aliphatic hydroxyl groups excluding tert-OH is 1. The number of aliphatic hydroxyl groups is 1. The summed E-state index contributed by atoms with van der Waals surface area (Å²) in [6.07, 6.45) is -0.475. The van der Waals surface area contributed by atoms with Crippen LogP contribution in [0, 0.1) is 11.8 Å². The maximum absolute atomic E-state index is 9.54. The molecule has 1 aromatic rings. The molecule has 1 rings (SSSR count). The zero-order valence-electron chi connectivity index (χ0n) is 10.7. The quantitative estimate of drug-likeness (QED) is 0.823. The van der Waals surface area contributed by atoms with Gasteiger partial charge in [-0.05, 0) is 31.3 Å². The largest absolute Gasteiger partial charge is 0.389 e. The normalized spacial score (nSPS) is 12.1. The second-order valence-electron chi connectivity index (χ2n) is 4.11. The van der Waals surface area contributed by atoms with E-state index >= 15 is 0 Å². The maximum atomic E-state index is 9.54. The van der Waals surface area contributed by atoms with Crippen LogP contribution >= 0.6 is 11.6 Å². The second kappa shape index (κ2) is 8.12. The van der Waals surface area contributed by atoms with Crippen molar-refractivity contribution in [3.63, 3.8) is 0 Å². The van der Waals surface area contributed by atoms with Crippen LogP contribution in [0.2, 0.25) is 5.02 Å². The van der Waals surface area contributed by atoms with Gasteiger partial charge in [0.15, 0.2) is 0 Å². The van der Waals surface area contributed by atoms with Gasteiger partial charge in [0.2, 0.25) is 0 Å². The molecular weight excluding hydrogens is 250 g/mol. The monoisotopic (exact) mass is 267 g/mol. The lowest BCUT2D eigenvalue weighted by molar-refractivity contribution is 0.0457. The fraction of sp³-hybridized carbons (Fsp3) is 0.429. The molecule has 98 valence electrons. The van der Waals surface area contributed by atoms with Gasteiger partial charge in [-0.15, -0.1) is 0 Å². The predicted molar refractivity (Wildman–Crippen MR) is 73.7 cm³/mol. The van der Waals surface area contributed by atoms with Crippen LogP contribution in [0.4, 0.5) is 0 Å². The Morgan fingerprint density at radius 1 is 1.39 bits per heavy atom. The van der Waals surface area contributed by atoms with Crippen LogP contribution in [0.15, 0.2) is 24.3 Å². The SMILES string of the molecule is COCC(O)CN(C)CC#Cc1ccc(Cl)cc1. The van der Waals surface area contributed by atoms with Gasteiger partial charge in [0.05, 0.1) is 19.3 Å². The lowest BCUT2D eigenvalue weighted by Crippen LogP contribution is -2.32. The first-order valence-corrected chi connectivity index (χ1v) is 6.09. The third kappa shape index (κ3) is 6.04. The van der Waals surface area contributed by atoms with Gasteiger partial charge < -0.3 is 9.84 Å². The molecule has 0 aliphatic rings. The minimum atomic E-state index is -0.475. The summed E-state index contributed by atoms with van der Waals surface area (Å²) in [6, 6.07) is 7.40. The zero-order chi connectivity index (χ0) is 13.4. The molecule has 0 aliphatic heterocycles. The van der Waals surface area contributed by atoms with E-state index in [0.29, 0.717) is 24.7 Å². The van der Waals surface area contributed by atoms with Crippen molar-refractivity contribution in [2.75, 3.05) is 33.9 Å². The highest BCUT2D eigenvalue weighted by molar-refractivity contribution is 6.30. The number of halogens is 1. The highest BCUT2D eigenvalue weighted by Crippen LogP contribution is 2.08. The van der Waals surface area contributed by atoms with E-state index in [1.54, 1.807) is 7.11 Å². The Morgan fingerprint density at radius 2 is 2.06 bits per heavy atom. The maximum Gasteiger partial charge on any atom is 0.0900 e. The minimum absolute atomic E-state index is 0.342.